The van der Waals surface area contributed by atoms with Crippen LogP contribution in [-0.2, 0) is 102 Å². The summed E-state index contributed by atoms with van der Waals surface area (Å²) >= 11 is 5.56. The molecule has 0 saturated heterocycles. The molecule has 2 amide bonds. The Morgan fingerprint density at radius 2 is 1.22 bits per heavy atom. The molecule has 0 spiro atoms. The van der Waals surface area contributed by atoms with Crippen molar-refractivity contribution in [3.05, 3.63) is 216 Å². The monoisotopic (exact) mass is 1920 g/mol. The van der Waals surface area contributed by atoms with E-state index in [1.807, 2.05) is 36.4 Å². The lowest BCUT2D eigenvalue weighted by atomic mass is 9.85. The number of hydrogen-bond donors (Lipinski definition) is 11. The van der Waals surface area contributed by atoms with Crippen LogP contribution in [0.2, 0.25) is 18.1 Å². The topological polar surface area (TPSA) is 469 Å². The lowest BCUT2D eigenvalue weighted by molar-refractivity contribution is -0.171. The van der Waals surface area contributed by atoms with E-state index in [2.05, 4.69) is 122 Å². The molecular formula is C103H143ClN12O19Si. The molecule has 3 aliphatic rings. The van der Waals surface area contributed by atoms with Crippen molar-refractivity contribution in [2.24, 2.45) is 22.7 Å². The number of rotatable bonds is 48. The smallest absolute Gasteiger partial charge is 0.405 e. The number of nitrogens with one attached hydrogen (secondary N) is 5. The number of aromatic nitrogens is 2. The number of aryl methyl sites for hydroxylation is 1. The van der Waals surface area contributed by atoms with Gasteiger partial charge in [0.2, 0.25) is 25.7 Å². The zero-order valence-corrected chi connectivity index (χ0v) is 82.1. The van der Waals surface area contributed by atoms with Crippen LogP contribution < -0.4 is 48.0 Å². The highest BCUT2D eigenvalue weighted by atomic mass is 35.5. The normalized spacial score (nSPS) is 14.0. The zero-order chi connectivity index (χ0) is 102. The number of nitrogen functional groups attached to an aromatic ring is 1. The van der Waals surface area contributed by atoms with Gasteiger partial charge in [-0.15, -0.1) is 0 Å². The summed E-state index contributed by atoms with van der Waals surface area (Å²) in [6.45, 7) is 25.3. The lowest BCUT2D eigenvalue weighted by Gasteiger charge is -2.36. The first-order valence-electron chi connectivity index (χ1n) is 48.8. The summed E-state index contributed by atoms with van der Waals surface area (Å²) in [4.78, 5) is 119. The van der Waals surface area contributed by atoms with Crippen molar-refractivity contribution in [3.8, 4) is 28.3 Å². The molecule has 0 radical (unpaired) electrons. The molecule has 4 unspecified atom stereocenters. The highest BCUT2D eigenvalue weighted by molar-refractivity contribution is 6.74. The number of nitrogens with zero attached hydrogens (tertiary/aromatic N) is 5. The number of hydrogen-bond acceptors (Lipinski definition) is 25. The Hall–Kier alpha value is -11.1. The number of carboxylic acids is 1. The number of aliphatic hydroxyl groups is 3. The molecule has 4 heterocycles. The summed E-state index contributed by atoms with van der Waals surface area (Å²) in [5.74, 6) is -3.48. The van der Waals surface area contributed by atoms with Crippen molar-refractivity contribution in [2.45, 2.75) is 241 Å². The van der Waals surface area contributed by atoms with E-state index in [4.69, 9.17) is 76.0 Å². The van der Waals surface area contributed by atoms with Crippen LogP contribution in [0, 0.1) is 11.8 Å². The largest absolute Gasteiger partial charge is 0.543 e. The zero-order valence-electron chi connectivity index (χ0n) is 83.3. The summed E-state index contributed by atoms with van der Waals surface area (Å²) < 4.78 is 56.1. The predicted octanol–water partition coefficient (Wildman–Crippen LogP) is 17.2. The van der Waals surface area contributed by atoms with Gasteiger partial charge in [0, 0.05) is 92.0 Å². The van der Waals surface area contributed by atoms with Gasteiger partial charge in [0.1, 0.15) is 32.2 Å². The van der Waals surface area contributed by atoms with Crippen LogP contribution in [0.1, 0.15) is 226 Å². The Bertz CT molecular complexity index is 5280. The minimum absolute atomic E-state index is 0.00785. The minimum atomic E-state index is -2.04. The van der Waals surface area contributed by atoms with E-state index < -0.39 is 55.1 Å². The Morgan fingerprint density at radius 3 is 1.74 bits per heavy atom. The number of Topliss-reactive ketones (excluding diaryl/α,β-unsaturated/α-hetero) is 2. The quantitative estimate of drug-likeness (QED) is 0.00194. The molecule has 4 atom stereocenters. The third kappa shape index (κ3) is 35.8. The SMILES string of the molecule is CCC.CCc1c2c(nc3ccc(O[Si](C)(C)C(C)(C)C)cc13)-c1cc3c(c(=O)n1C2)COC(=O)C3(CC)OC(=O)Cl.Nc1ccc(CO)cc1.[3H]CCNCCCCC(CC(=O)COCC(=O)CCCOCCN=[N+]=[N-])C(=O)Nc1ccc(CO)cc1.[3H]CCNCCCCC(CC(=O)OCC1c2ccccc2-c2ccccc21)C(=O)O.[3H]CCNCCCCC(N)C(=O)Nc1ccc(CO)cc1. The van der Waals surface area contributed by atoms with Gasteiger partial charge in [-0.2, -0.15) is 0 Å². The average Bonchev–Trinajstić information content (AvgIpc) is 1.59. The number of cyclic esters (lactones) is 1. The Labute approximate surface area is 810 Å². The van der Waals surface area contributed by atoms with E-state index in [9.17, 15) is 53.4 Å². The number of ketones is 2. The number of pyridine rings is 2. The minimum Gasteiger partial charge on any atom is -0.543 e. The number of carbonyl (C=O) groups is 8. The van der Waals surface area contributed by atoms with Crippen molar-refractivity contribution in [1.29, 1.82) is 0 Å². The molecule has 740 valence electrons. The predicted molar refractivity (Wildman–Crippen MR) is 535 cm³/mol. The molecule has 11 rings (SSSR count). The molecule has 1 aliphatic carbocycles. The second kappa shape index (κ2) is 59.8. The molecule has 2 aromatic heterocycles. The van der Waals surface area contributed by atoms with Crippen LogP contribution in [-0.4, -0.2) is 170 Å². The fourth-order valence-corrected chi connectivity index (χ4v) is 16.2. The summed E-state index contributed by atoms with van der Waals surface area (Å²) in [5.41, 5.74) is 29.9. The molecule has 6 aromatic carbocycles. The van der Waals surface area contributed by atoms with Crippen LogP contribution >= 0.6 is 11.6 Å². The second-order valence-electron chi connectivity index (χ2n) is 34.7. The van der Waals surface area contributed by atoms with E-state index in [1.165, 1.54) is 6.42 Å². The fraction of sp³-hybridized carbons (Fsp3) is 0.495. The summed E-state index contributed by atoms with van der Waals surface area (Å²) in [6.07, 6.45) is 9.26. The molecular weight excluding hydrogens is 1770 g/mol. The number of unbranched alkanes of at least 4 members (excludes halogenated alkanes) is 3. The van der Waals surface area contributed by atoms with Gasteiger partial charge in [-0.3, -0.25) is 33.6 Å². The van der Waals surface area contributed by atoms with Crippen LogP contribution in [0.4, 0.5) is 21.9 Å². The first-order valence-corrected chi connectivity index (χ1v) is 50.0. The summed E-state index contributed by atoms with van der Waals surface area (Å²) in [7, 11) is -2.04. The van der Waals surface area contributed by atoms with Gasteiger partial charge >= 0.3 is 23.3 Å². The molecule has 0 saturated carbocycles. The number of carboxylic acid groups (broad SMARTS) is 1. The van der Waals surface area contributed by atoms with Gasteiger partial charge in [0.05, 0.1) is 73.8 Å². The third-order valence-electron chi connectivity index (χ3n) is 23.5. The Balaban J connectivity index is 0.000000277. The van der Waals surface area contributed by atoms with Crippen LogP contribution in [0.3, 0.4) is 0 Å². The maximum Gasteiger partial charge on any atom is 0.405 e. The number of amides is 2. The van der Waals surface area contributed by atoms with Crippen LogP contribution in [0.15, 0.2) is 156 Å². The number of ether oxygens (including phenoxy) is 5. The van der Waals surface area contributed by atoms with E-state index in [0.29, 0.717) is 114 Å². The van der Waals surface area contributed by atoms with Crippen LogP contribution in [0.5, 0.6) is 5.75 Å². The lowest BCUT2D eigenvalue weighted by Crippen LogP contribution is -2.46. The summed E-state index contributed by atoms with van der Waals surface area (Å²) in [5, 5.41) is 55.6. The van der Waals surface area contributed by atoms with Crippen LogP contribution in [0.25, 0.3) is 43.9 Å². The highest BCUT2D eigenvalue weighted by Gasteiger charge is 2.51. The molecule has 13 N–H and O–H groups in total. The number of fused-ring (bicyclic) bond motifs is 8. The average molecular weight is 1920 g/mol. The number of anilines is 3. The fourth-order valence-electron chi connectivity index (χ4n) is 15.1. The number of nitrogens with two attached hydrogens (primary N) is 2. The number of aliphatic carboxylic acids is 1. The Morgan fingerprint density at radius 1 is 0.684 bits per heavy atom. The number of halogens is 1. The van der Waals surface area contributed by atoms with E-state index in [1.54, 1.807) is 90.4 Å². The first-order chi connectivity index (χ1) is 66.8. The molecule has 0 fully saturated rings. The van der Waals surface area contributed by atoms with E-state index in [0.717, 1.165) is 137 Å². The number of azide groups is 1. The van der Waals surface area contributed by atoms with Crippen molar-refractivity contribution < 1.29 is 91.0 Å². The maximum atomic E-state index is 13.7. The Kier molecular flexibility index (Phi) is 47.7. The molecule has 31 nitrogen and oxygen atoms in total. The summed E-state index contributed by atoms with van der Waals surface area (Å²) in [6, 6.07) is 44.4. The first kappa shape index (κ1) is 109. The van der Waals surface area contributed by atoms with Gasteiger partial charge in [-0.25, -0.2) is 14.6 Å². The highest BCUT2D eigenvalue weighted by Crippen LogP contribution is 2.46. The molecule has 33 heteroatoms. The second-order valence-corrected chi connectivity index (χ2v) is 39.7. The molecule has 2 aliphatic heterocycles. The molecule has 0 bridgehead atoms. The van der Waals surface area contributed by atoms with Gasteiger partial charge in [-0.1, -0.05) is 185 Å². The number of carbonyl (C=O) groups excluding carboxylic acids is 7. The third-order valence-corrected chi connectivity index (χ3v) is 27.9. The van der Waals surface area contributed by atoms with Gasteiger partial charge in [0.15, 0.2) is 11.6 Å². The molecule has 136 heavy (non-hydrogen) atoms. The van der Waals surface area contributed by atoms with E-state index >= 15 is 0 Å². The van der Waals surface area contributed by atoms with Gasteiger partial charge in [0.25, 0.3) is 5.56 Å². The maximum absolute atomic E-state index is 13.7. The van der Waals surface area contributed by atoms with Crippen molar-refractivity contribution in [1.82, 2.24) is 25.5 Å². The van der Waals surface area contributed by atoms with Crippen molar-refractivity contribution >= 4 is 94.6 Å². The van der Waals surface area contributed by atoms with Crippen molar-refractivity contribution in [3.63, 3.8) is 0 Å². The van der Waals surface area contributed by atoms with E-state index in [-0.39, 0.29) is 124 Å². The standard InChI is InChI=1S/C29H33ClN2O6Si.C25H39N5O6.C24H29NO4.C15H25N3O2.C7H9NO.C3H8/c1-8-17-18-12-16(38-39(6,7)28(3,4)5)10-11-22(18)31-24-19(17)14-32-23(24)13-21-20(25(32)33)15-36-26(34)29(21,9-2)37-27(30)35;1-2-27-12-4-3-6-21(25(34)29-22-10-8-20(17-31)9-11-22)16-24(33)19-36-18-23(32)7-5-14-35-15-13-28-30-26;1-2-25-14-8-7-9-17(24(27)28)15-23(26)29-16-22-20-12-5-3-10-18(20)19-11-4-6-13-21(19)22;1-2-17-10-4-3-5-14(16)15(20)18-13-8-6-12(11-19)7-9-13;8-7-3-1-6(5-9)2-4-7;1-3-2/h10-13H,8-9,14-15H2,1-7H3;8-11,21,27,31H,2-7,12-19H2,1H3,(H,29,34);3-6,10-13,17,22,25H,2,7-9,14-16H2,1H3,(H,27,28);6-9,14,17,19H,2-5,10-11,16H2,1H3,(H,18,20);1-4,9H,5,8H2;3H2,1-2H3/i;3*1T;;. The number of aliphatic hydroxyl groups excluding tert-OH is 3. The number of benzene rings is 6. The van der Waals surface area contributed by atoms with Crippen molar-refractivity contribution in [2.75, 3.05) is 95.2 Å². The number of esters is 2. The van der Waals surface area contributed by atoms with Gasteiger partial charge < -0.3 is 91.2 Å². The molecule has 8 aromatic rings. The van der Waals surface area contributed by atoms with Gasteiger partial charge in [-0.05, 0) is 226 Å².